The molecule has 0 fully saturated rings. The maximum atomic E-state index is 12.7. The Morgan fingerprint density at radius 1 is 1.16 bits per heavy atom. The third-order valence-electron chi connectivity index (χ3n) is 2.47. The van der Waals surface area contributed by atoms with Gasteiger partial charge in [-0.2, -0.15) is 26.3 Å². The second-order valence-corrected chi connectivity index (χ2v) is 6.04. The summed E-state index contributed by atoms with van der Waals surface area (Å²) in [4.78, 5) is 0.616. The van der Waals surface area contributed by atoms with Crippen LogP contribution in [0.4, 0.5) is 26.3 Å². The van der Waals surface area contributed by atoms with E-state index in [2.05, 4.69) is 21.2 Å². The average molecular weight is 370 g/mol. The van der Waals surface area contributed by atoms with Gasteiger partial charge < -0.3 is 5.32 Å². The van der Waals surface area contributed by atoms with Crippen molar-refractivity contribution in [3.8, 4) is 0 Å². The zero-order valence-corrected chi connectivity index (χ0v) is 12.2. The highest BCUT2D eigenvalue weighted by Crippen LogP contribution is 2.49. The number of hydrogen-bond acceptors (Lipinski definition) is 2. The summed E-state index contributed by atoms with van der Waals surface area (Å²) in [6.07, 6.45) is -10.7. The molecule has 1 N–H and O–H groups in total. The molecule has 1 heterocycles. The normalized spacial score (nSPS) is 15.1. The van der Waals surface area contributed by atoms with Crippen LogP contribution in [0.25, 0.3) is 0 Å². The van der Waals surface area contributed by atoms with E-state index in [-0.39, 0.29) is 9.35 Å². The Kier molecular flexibility index (Phi) is 4.95. The maximum Gasteiger partial charge on any atom is 0.402 e. The van der Waals surface area contributed by atoms with Gasteiger partial charge in [0.05, 0.1) is 6.04 Å². The van der Waals surface area contributed by atoms with Gasteiger partial charge in [-0.1, -0.05) is 0 Å². The van der Waals surface area contributed by atoms with Crippen molar-refractivity contribution in [3.05, 3.63) is 20.3 Å². The minimum Gasteiger partial charge on any atom is -0.311 e. The predicted octanol–water partition coefficient (Wildman–Crippen LogP) is 4.82. The highest BCUT2D eigenvalue weighted by Gasteiger charge is 2.60. The summed E-state index contributed by atoms with van der Waals surface area (Å²) in [6, 6.07) is -0.373. The van der Waals surface area contributed by atoms with Gasteiger partial charge in [0.1, 0.15) is 0 Å². The third-order valence-corrected chi connectivity index (χ3v) is 4.52. The van der Waals surface area contributed by atoms with E-state index in [0.29, 0.717) is 4.88 Å². The molecule has 0 bridgehead atoms. The molecule has 19 heavy (non-hydrogen) atoms. The lowest BCUT2D eigenvalue weighted by atomic mass is 9.97. The van der Waals surface area contributed by atoms with E-state index in [1.807, 2.05) is 0 Å². The van der Waals surface area contributed by atoms with Crippen molar-refractivity contribution < 1.29 is 26.3 Å². The Hall–Kier alpha value is -0.280. The molecule has 9 heteroatoms. The Bertz CT molecular complexity index is 424. The second-order valence-electron chi connectivity index (χ2n) is 3.90. The molecule has 0 amide bonds. The third kappa shape index (κ3) is 3.85. The molecule has 0 aliphatic rings. The molecule has 110 valence electrons. The molecule has 0 saturated carbocycles. The van der Waals surface area contributed by atoms with Crippen LogP contribution in [-0.4, -0.2) is 19.4 Å². The van der Waals surface area contributed by atoms with Crippen molar-refractivity contribution >= 4 is 27.3 Å². The van der Waals surface area contributed by atoms with Crippen LogP contribution in [0.15, 0.2) is 10.5 Å². The number of halogens is 7. The zero-order valence-electron chi connectivity index (χ0n) is 9.79. The van der Waals surface area contributed by atoms with Gasteiger partial charge in [0.15, 0.2) is 5.92 Å². The van der Waals surface area contributed by atoms with Crippen molar-refractivity contribution in [1.29, 1.82) is 0 Å². The summed E-state index contributed by atoms with van der Waals surface area (Å²) >= 11 is 3.89. The number of aryl methyl sites for hydroxylation is 1. The SMILES string of the molecule is CNC(c1sc(C)cc1Br)C(C(F)(F)F)C(F)(F)F. The minimum atomic E-state index is -5.37. The summed E-state index contributed by atoms with van der Waals surface area (Å²) in [6.45, 7) is 1.61. The zero-order chi connectivity index (χ0) is 15.0. The Morgan fingerprint density at radius 3 is 1.89 bits per heavy atom. The quantitative estimate of drug-likeness (QED) is 0.753. The summed E-state index contributed by atoms with van der Waals surface area (Å²) in [5.74, 6) is -3.45. The van der Waals surface area contributed by atoms with Crippen molar-refractivity contribution in [2.24, 2.45) is 5.92 Å². The first-order chi connectivity index (χ1) is 8.48. The minimum absolute atomic E-state index is 0.0142. The van der Waals surface area contributed by atoms with Gasteiger partial charge in [-0.25, -0.2) is 0 Å². The second kappa shape index (κ2) is 5.61. The first-order valence-corrected chi connectivity index (χ1v) is 6.66. The lowest BCUT2D eigenvalue weighted by Crippen LogP contribution is -2.44. The number of hydrogen-bond donors (Lipinski definition) is 1. The molecule has 0 saturated heterocycles. The van der Waals surface area contributed by atoms with Crippen LogP contribution in [0.5, 0.6) is 0 Å². The van der Waals surface area contributed by atoms with Crippen LogP contribution in [0, 0.1) is 12.8 Å². The molecule has 1 rings (SSSR count). The molecular weight excluding hydrogens is 360 g/mol. The average Bonchev–Trinajstić information content (AvgIpc) is 2.49. The van der Waals surface area contributed by atoms with Crippen LogP contribution in [0.2, 0.25) is 0 Å². The number of alkyl halides is 6. The van der Waals surface area contributed by atoms with E-state index in [1.54, 1.807) is 6.92 Å². The molecular formula is C10H10BrF6NS. The predicted molar refractivity (Wildman–Crippen MR) is 64.2 cm³/mol. The van der Waals surface area contributed by atoms with Gasteiger partial charge in [-0.05, 0) is 36.0 Å². The number of rotatable bonds is 3. The highest BCUT2D eigenvalue weighted by atomic mass is 79.9. The van der Waals surface area contributed by atoms with Gasteiger partial charge in [-0.15, -0.1) is 11.3 Å². The molecule has 1 atom stereocenters. The molecule has 0 spiro atoms. The molecule has 1 aromatic heterocycles. The van der Waals surface area contributed by atoms with Crippen LogP contribution in [-0.2, 0) is 0 Å². The Balaban J connectivity index is 3.29. The molecule has 0 radical (unpaired) electrons. The largest absolute Gasteiger partial charge is 0.402 e. The fourth-order valence-electron chi connectivity index (χ4n) is 1.73. The van der Waals surface area contributed by atoms with Gasteiger partial charge in [0, 0.05) is 14.2 Å². The van der Waals surface area contributed by atoms with E-state index in [0.717, 1.165) is 18.4 Å². The fourth-order valence-corrected chi connectivity index (χ4v) is 3.77. The maximum absolute atomic E-state index is 12.7. The van der Waals surface area contributed by atoms with Crippen molar-refractivity contribution in [1.82, 2.24) is 5.32 Å². The summed E-state index contributed by atoms with van der Waals surface area (Å²) in [7, 11) is 1.08. The fraction of sp³-hybridized carbons (Fsp3) is 0.600. The summed E-state index contributed by atoms with van der Waals surface area (Å²) in [5.41, 5.74) is 0. The van der Waals surface area contributed by atoms with Gasteiger partial charge >= 0.3 is 12.4 Å². The van der Waals surface area contributed by atoms with Crippen LogP contribution >= 0.6 is 27.3 Å². The molecule has 0 aliphatic carbocycles. The van der Waals surface area contributed by atoms with Crippen LogP contribution < -0.4 is 5.32 Å². The van der Waals surface area contributed by atoms with E-state index in [1.165, 1.54) is 6.07 Å². The smallest absolute Gasteiger partial charge is 0.311 e. The Morgan fingerprint density at radius 2 is 1.63 bits per heavy atom. The van der Waals surface area contributed by atoms with E-state index < -0.39 is 24.3 Å². The molecule has 1 aromatic rings. The number of thiophene rings is 1. The van der Waals surface area contributed by atoms with Gasteiger partial charge in [0.25, 0.3) is 0 Å². The van der Waals surface area contributed by atoms with E-state index in [9.17, 15) is 26.3 Å². The lowest BCUT2D eigenvalue weighted by Gasteiger charge is -2.30. The molecule has 0 aromatic carbocycles. The molecule has 0 aliphatic heterocycles. The van der Waals surface area contributed by atoms with E-state index in [4.69, 9.17) is 0 Å². The summed E-state index contributed by atoms with van der Waals surface area (Å²) in [5, 5.41) is 2.13. The van der Waals surface area contributed by atoms with Crippen LogP contribution in [0.3, 0.4) is 0 Å². The topological polar surface area (TPSA) is 12.0 Å². The van der Waals surface area contributed by atoms with E-state index >= 15 is 0 Å². The highest BCUT2D eigenvalue weighted by molar-refractivity contribution is 9.10. The van der Waals surface area contributed by atoms with Crippen molar-refractivity contribution in [2.75, 3.05) is 7.05 Å². The monoisotopic (exact) mass is 369 g/mol. The first-order valence-electron chi connectivity index (χ1n) is 5.05. The molecule has 1 unspecified atom stereocenters. The standard InChI is InChI=1S/C10H10BrF6NS/c1-4-3-5(11)7(19-4)6(18-2)8(9(12,13)14)10(15,16)17/h3,6,8,18H,1-2H3. The van der Waals surface area contributed by atoms with Gasteiger partial charge in [-0.3, -0.25) is 0 Å². The molecule has 1 nitrogen and oxygen atoms in total. The lowest BCUT2D eigenvalue weighted by molar-refractivity contribution is -0.292. The van der Waals surface area contributed by atoms with Gasteiger partial charge in [0.2, 0.25) is 0 Å². The van der Waals surface area contributed by atoms with Crippen LogP contribution in [0.1, 0.15) is 15.8 Å². The first kappa shape index (κ1) is 16.8. The summed E-state index contributed by atoms with van der Waals surface area (Å²) < 4.78 is 76.5. The Labute approximate surface area is 118 Å². The van der Waals surface area contributed by atoms with Crippen molar-refractivity contribution in [2.45, 2.75) is 25.3 Å². The number of nitrogens with one attached hydrogen (secondary N) is 1. The van der Waals surface area contributed by atoms with Crippen molar-refractivity contribution in [3.63, 3.8) is 0 Å².